The highest BCUT2D eigenvalue weighted by Gasteiger charge is 2.48. The molecule has 0 saturated heterocycles. The van der Waals surface area contributed by atoms with Gasteiger partial charge in [0.15, 0.2) is 0 Å². The first-order chi connectivity index (χ1) is 25.8. The minimum absolute atomic E-state index is 0.467. The Balaban J connectivity index is 1.13. The Kier molecular flexibility index (Phi) is 6.44. The van der Waals surface area contributed by atoms with Crippen molar-refractivity contribution in [3.05, 3.63) is 216 Å². The molecule has 0 spiro atoms. The van der Waals surface area contributed by atoms with Crippen LogP contribution in [0.3, 0.4) is 0 Å². The topological polar surface area (TPSA) is 0 Å². The number of rotatable bonds is 4. The van der Waals surface area contributed by atoms with Crippen LogP contribution in [-0.4, -0.2) is 0 Å². The Hall–Kier alpha value is -6.28. The minimum Gasteiger partial charge on any atom is -0.135 e. The third kappa shape index (κ3) is 4.21. The molecule has 0 atom stereocenters. The molecule has 9 aromatic carbocycles. The van der Waals surface area contributed by atoms with Crippen molar-refractivity contribution in [3.8, 4) is 33.4 Å². The molecule has 0 amide bonds. The third-order valence-corrected chi connectivity index (χ3v) is 12.4. The van der Waals surface area contributed by atoms with Crippen LogP contribution >= 0.6 is 11.3 Å². The summed E-state index contributed by atoms with van der Waals surface area (Å²) in [4.78, 5) is 0. The van der Waals surface area contributed by atoms with Gasteiger partial charge in [0.05, 0.1) is 5.41 Å². The largest absolute Gasteiger partial charge is 0.135 e. The van der Waals surface area contributed by atoms with E-state index in [0.29, 0.717) is 0 Å². The van der Waals surface area contributed by atoms with Crippen LogP contribution in [0.1, 0.15) is 22.3 Å². The fraction of sp³-hybridized carbons (Fsp3) is 0.0196. The second-order valence-electron chi connectivity index (χ2n) is 14.0. The van der Waals surface area contributed by atoms with E-state index in [9.17, 15) is 0 Å². The van der Waals surface area contributed by atoms with Gasteiger partial charge in [-0.25, -0.2) is 0 Å². The van der Waals surface area contributed by atoms with E-state index in [-0.39, 0.29) is 0 Å². The van der Waals surface area contributed by atoms with E-state index < -0.39 is 5.41 Å². The number of benzene rings is 9. The van der Waals surface area contributed by atoms with Gasteiger partial charge in [-0.2, -0.15) is 0 Å². The van der Waals surface area contributed by atoms with Gasteiger partial charge in [0.1, 0.15) is 0 Å². The average molecular weight is 677 g/mol. The highest BCUT2D eigenvalue weighted by molar-refractivity contribution is 7.25. The Morgan fingerprint density at radius 2 is 0.923 bits per heavy atom. The second kappa shape index (κ2) is 11.4. The lowest BCUT2D eigenvalue weighted by molar-refractivity contribution is 0.775. The van der Waals surface area contributed by atoms with Gasteiger partial charge in [-0.3, -0.25) is 0 Å². The van der Waals surface area contributed by atoms with Gasteiger partial charge in [0.25, 0.3) is 0 Å². The van der Waals surface area contributed by atoms with Crippen LogP contribution in [-0.2, 0) is 5.41 Å². The number of hydrogen-bond acceptors (Lipinski definition) is 1. The van der Waals surface area contributed by atoms with E-state index in [1.54, 1.807) is 0 Å². The van der Waals surface area contributed by atoms with Crippen molar-refractivity contribution in [2.45, 2.75) is 5.41 Å². The predicted molar refractivity (Wildman–Crippen MR) is 223 cm³/mol. The van der Waals surface area contributed by atoms with Gasteiger partial charge >= 0.3 is 0 Å². The molecule has 10 aromatic rings. The van der Waals surface area contributed by atoms with Gasteiger partial charge in [0.2, 0.25) is 0 Å². The summed E-state index contributed by atoms with van der Waals surface area (Å²) in [6.45, 7) is 0. The summed E-state index contributed by atoms with van der Waals surface area (Å²) in [5.41, 5.74) is 12.5. The summed E-state index contributed by atoms with van der Waals surface area (Å²) in [6, 6.07) is 72.4. The molecule has 0 N–H and O–H groups in total. The summed E-state index contributed by atoms with van der Waals surface area (Å²) < 4.78 is 2.68. The first kappa shape index (κ1) is 29.5. The molecule has 1 aliphatic rings. The highest BCUT2D eigenvalue weighted by atomic mass is 32.1. The van der Waals surface area contributed by atoms with Crippen molar-refractivity contribution in [1.29, 1.82) is 0 Å². The molecule has 242 valence electrons. The molecule has 11 rings (SSSR count). The van der Waals surface area contributed by atoms with Gasteiger partial charge in [-0.05, 0) is 108 Å². The lowest BCUT2D eigenvalue weighted by Gasteiger charge is -2.35. The first-order valence-corrected chi connectivity index (χ1v) is 18.8. The maximum absolute atomic E-state index is 2.42. The van der Waals surface area contributed by atoms with E-state index >= 15 is 0 Å². The summed E-state index contributed by atoms with van der Waals surface area (Å²) in [5, 5.41) is 7.72. The second-order valence-corrected chi connectivity index (χ2v) is 15.1. The molecule has 0 fully saturated rings. The molecular formula is C51H32S. The first-order valence-electron chi connectivity index (χ1n) is 18.0. The molecular weight excluding hydrogens is 645 g/mol. The molecule has 0 saturated carbocycles. The van der Waals surface area contributed by atoms with E-state index in [1.807, 2.05) is 11.3 Å². The van der Waals surface area contributed by atoms with Crippen LogP contribution in [0.15, 0.2) is 194 Å². The summed E-state index contributed by atoms with van der Waals surface area (Å²) in [6.07, 6.45) is 0. The molecule has 1 heteroatoms. The van der Waals surface area contributed by atoms with E-state index in [0.717, 1.165) is 0 Å². The van der Waals surface area contributed by atoms with Gasteiger partial charge in [0, 0.05) is 20.2 Å². The molecule has 1 heterocycles. The Morgan fingerprint density at radius 1 is 0.346 bits per heavy atom. The Bertz CT molecular complexity index is 2960. The molecule has 0 unspecified atom stereocenters. The SMILES string of the molecule is c1ccc(C2(c3ccccc3)c3ccccc3-c3c(-c4ccc5cc(-c6ccc7c(c6)sc6ccccc67)ccc5c4)cc4ccccc4c32)cc1. The molecule has 52 heavy (non-hydrogen) atoms. The fourth-order valence-corrected chi connectivity index (χ4v) is 10.2. The predicted octanol–water partition coefficient (Wildman–Crippen LogP) is 14.1. The third-order valence-electron chi connectivity index (χ3n) is 11.3. The maximum atomic E-state index is 2.42. The molecule has 0 radical (unpaired) electrons. The standard InChI is InChI=1S/C51H32S/c1-3-14-39(15-4-1)51(40-16-5-2-6-17-40)46-21-11-9-20-44(46)49-45(31-37-13-7-8-18-41(37)50(49)51)38-26-25-33-29-34(23-24-35(33)30-38)36-27-28-43-42-19-10-12-22-47(42)52-48(43)32-36/h1-32H. The minimum atomic E-state index is -0.467. The van der Waals surface area contributed by atoms with Gasteiger partial charge in [-0.15, -0.1) is 11.3 Å². The van der Waals surface area contributed by atoms with Crippen LogP contribution in [0.25, 0.3) is 75.1 Å². The van der Waals surface area contributed by atoms with Crippen molar-refractivity contribution in [3.63, 3.8) is 0 Å². The molecule has 1 aromatic heterocycles. The average Bonchev–Trinajstić information content (AvgIpc) is 3.75. The van der Waals surface area contributed by atoms with Crippen molar-refractivity contribution in [2.24, 2.45) is 0 Å². The summed E-state index contributed by atoms with van der Waals surface area (Å²) in [7, 11) is 0. The Morgan fingerprint density at radius 3 is 1.71 bits per heavy atom. The Labute approximate surface area is 306 Å². The van der Waals surface area contributed by atoms with Gasteiger partial charge < -0.3 is 0 Å². The molecule has 0 bridgehead atoms. The van der Waals surface area contributed by atoms with Crippen LogP contribution in [0, 0.1) is 0 Å². The van der Waals surface area contributed by atoms with E-state index in [2.05, 4.69) is 194 Å². The monoisotopic (exact) mass is 676 g/mol. The van der Waals surface area contributed by atoms with Crippen LogP contribution in [0.4, 0.5) is 0 Å². The van der Waals surface area contributed by atoms with Crippen LogP contribution in [0.2, 0.25) is 0 Å². The van der Waals surface area contributed by atoms with Crippen LogP contribution < -0.4 is 0 Å². The zero-order valence-electron chi connectivity index (χ0n) is 28.4. The van der Waals surface area contributed by atoms with Crippen molar-refractivity contribution in [2.75, 3.05) is 0 Å². The number of hydrogen-bond donors (Lipinski definition) is 0. The quantitative estimate of drug-likeness (QED) is 0.174. The number of thiophene rings is 1. The lowest BCUT2D eigenvalue weighted by Crippen LogP contribution is -2.28. The molecule has 0 aliphatic heterocycles. The highest BCUT2D eigenvalue weighted by Crippen LogP contribution is 2.60. The molecule has 0 nitrogen and oxygen atoms in total. The van der Waals surface area contributed by atoms with E-state index in [1.165, 1.54) is 97.4 Å². The fourth-order valence-electron chi connectivity index (χ4n) is 9.05. The van der Waals surface area contributed by atoms with Crippen molar-refractivity contribution >= 4 is 53.1 Å². The summed E-state index contributed by atoms with van der Waals surface area (Å²) >= 11 is 1.88. The van der Waals surface area contributed by atoms with E-state index in [4.69, 9.17) is 0 Å². The van der Waals surface area contributed by atoms with Gasteiger partial charge in [-0.1, -0.05) is 164 Å². The molecule has 1 aliphatic carbocycles. The number of fused-ring (bicyclic) bond motifs is 9. The maximum Gasteiger partial charge on any atom is 0.0719 e. The van der Waals surface area contributed by atoms with Crippen molar-refractivity contribution in [1.82, 2.24) is 0 Å². The zero-order chi connectivity index (χ0) is 34.2. The van der Waals surface area contributed by atoms with Crippen LogP contribution in [0.5, 0.6) is 0 Å². The summed E-state index contributed by atoms with van der Waals surface area (Å²) in [5.74, 6) is 0. The normalized spacial score (nSPS) is 13.2. The van der Waals surface area contributed by atoms with Crippen molar-refractivity contribution < 1.29 is 0 Å². The smallest absolute Gasteiger partial charge is 0.0719 e. The lowest BCUT2D eigenvalue weighted by atomic mass is 9.66. The zero-order valence-corrected chi connectivity index (χ0v) is 29.2.